The minimum absolute atomic E-state index is 0.175. The van der Waals surface area contributed by atoms with Gasteiger partial charge >= 0.3 is 0 Å². The van der Waals surface area contributed by atoms with Crippen LogP contribution in [0.3, 0.4) is 0 Å². The van der Waals surface area contributed by atoms with E-state index in [0.717, 1.165) is 11.1 Å². The fourth-order valence-electron chi connectivity index (χ4n) is 2.77. The van der Waals surface area contributed by atoms with Gasteiger partial charge in [-0.3, -0.25) is 4.79 Å². The molecule has 24 heavy (non-hydrogen) atoms. The summed E-state index contributed by atoms with van der Waals surface area (Å²) in [5.41, 5.74) is 2.00. The van der Waals surface area contributed by atoms with Crippen molar-refractivity contribution in [1.82, 2.24) is 5.32 Å². The highest BCUT2D eigenvalue weighted by molar-refractivity contribution is 7.95. The van der Waals surface area contributed by atoms with Crippen molar-refractivity contribution in [2.24, 2.45) is 0 Å². The molecule has 6 heteroatoms. The Bertz CT molecular complexity index is 928. The second-order valence-electron chi connectivity index (χ2n) is 5.49. The van der Waals surface area contributed by atoms with Gasteiger partial charge in [0.25, 0.3) is 0 Å². The van der Waals surface area contributed by atoms with E-state index >= 15 is 0 Å². The number of fused-ring (bicyclic) bond motifs is 1. The molecule has 2 aromatic rings. The average molecular weight is 343 g/mol. The number of sulfone groups is 1. The summed E-state index contributed by atoms with van der Waals surface area (Å²) in [7, 11) is -2.19. The average Bonchev–Trinajstić information content (AvgIpc) is 2.94. The summed E-state index contributed by atoms with van der Waals surface area (Å²) in [5.74, 6) is 0.281. The molecule has 0 atom stereocenters. The highest BCUT2D eigenvalue weighted by Crippen LogP contribution is 2.37. The van der Waals surface area contributed by atoms with Crippen molar-refractivity contribution in [2.45, 2.75) is 18.2 Å². The molecule has 0 saturated heterocycles. The van der Waals surface area contributed by atoms with Crippen LogP contribution in [-0.2, 0) is 21.1 Å². The number of benzene rings is 2. The maximum atomic E-state index is 13.0. The summed E-state index contributed by atoms with van der Waals surface area (Å²) in [6, 6.07) is 13.6. The van der Waals surface area contributed by atoms with Gasteiger partial charge in [-0.25, -0.2) is 8.42 Å². The van der Waals surface area contributed by atoms with Gasteiger partial charge in [0.05, 0.1) is 22.6 Å². The lowest BCUT2D eigenvalue weighted by Gasteiger charge is -2.10. The number of hydrogen-bond donors (Lipinski definition) is 1. The first-order chi connectivity index (χ1) is 11.4. The summed E-state index contributed by atoms with van der Waals surface area (Å²) < 4.78 is 31.2. The Morgan fingerprint density at radius 2 is 1.75 bits per heavy atom. The molecule has 2 aromatic carbocycles. The number of rotatable bonds is 4. The van der Waals surface area contributed by atoms with Crippen LogP contribution in [0.4, 0.5) is 0 Å². The Kier molecular flexibility index (Phi) is 4.15. The quantitative estimate of drug-likeness (QED) is 0.926. The maximum absolute atomic E-state index is 13.0. The molecule has 0 aliphatic heterocycles. The predicted octanol–water partition coefficient (Wildman–Crippen LogP) is 2.53. The largest absolute Gasteiger partial charge is 0.497 e. The van der Waals surface area contributed by atoms with Crippen molar-refractivity contribution >= 4 is 21.4 Å². The van der Waals surface area contributed by atoms with Crippen LogP contribution in [0.2, 0.25) is 0 Å². The van der Waals surface area contributed by atoms with Crippen molar-refractivity contribution in [3.8, 4) is 5.75 Å². The molecule has 0 radical (unpaired) electrons. The Labute approximate surface area is 140 Å². The van der Waals surface area contributed by atoms with E-state index in [1.54, 1.807) is 12.1 Å². The molecule has 0 aromatic heterocycles. The molecule has 0 unspecified atom stereocenters. The Balaban J connectivity index is 2.12. The molecular formula is C18H17NO4S. The van der Waals surface area contributed by atoms with Gasteiger partial charge in [0, 0.05) is 18.9 Å². The first kappa shape index (κ1) is 16.3. The van der Waals surface area contributed by atoms with E-state index < -0.39 is 9.84 Å². The van der Waals surface area contributed by atoms with E-state index in [1.165, 1.54) is 26.2 Å². The molecule has 0 spiro atoms. The normalized spacial score (nSPS) is 13.6. The number of methoxy groups -OCH3 is 1. The van der Waals surface area contributed by atoms with Crippen molar-refractivity contribution in [3.63, 3.8) is 0 Å². The van der Waals surface area contributed by atoms with E-state index in [1.807, 2.05) is 24.3 Å². The SMILES string of the molecule is COc1ccc(S(=O)(=O)C2=C(NC(C)=O)c3ccccc3C2)cc1. The van der Waals surface area contributed by atoms with Crippen LogP contribution in [0.1, 0.15) is 18.1 Å². The molecule has 0 fully saturated rings. The van der Waals surface area contributed by atoms with Gasteiger partial charge in [0.2, 0.25) is 15.7 Å². The van der Waals surface area contributed by atoms with Crippen LogP contribution in [-0.4, -0.2) is 21.4 Å². The van der Waals surface area contributed by atoms with Crippen LogP contribution >= 0.6 is 0 Å². The third-order valence-corrected chi connectivity index (χ3v) is 5.80. The molecule has 0 bridgehead atoms. The number of hydrogen-bond acceptors (Lipinski definition) is 4. The molecule has 1 N–H and O–H groups in total. The van der Waals surface area contributed by atoms with Crippen LogP contribution in [0.25, 0.3) is 5.70 Å². The zero-order valence-electron chi connectivity index (χ0n) is 13.4. The van der Waals surface area contributed by atoms with Crippen LogP contribution in [0, 0.1) is 0 Å². The van der Waals surface area contributed by atoms with Gasteiger partial charge < -0.3 is 10.1 Å². The third-order valence-electron chi connectivity index (χ3n) is 3.91. The highest BCUT2D eigenvalue weighted by Gasteiger charge is 2.32. The first-order valence-electron chi connectivity index (χ1n) is 7.41. The molecule has 1 aliphatic carbocycles. The van der Waals surface area contributed by atoms with E-state index in [9.17, 15) is 13.2 Å². The highest BCUT2D eigenvalue weighted by atomic mass is 32.2. The van der Waals surface area contributed by atoms with E-state index in [0.29, 0.717) is 11.4 Å². The second-order valence-corrected chi connectivity index (χ2v) is 7.46. The fourth-order valence-corrected chi connectivity index (χ4v) is 4.32. The van der Waals surface area contributed by atoms with E-state index in [4.69, 9.17) is 4.74 Å². The number of ether oxygens (including phenoxy) is 1. The van der Waals surface area contributed by atoms with Crippen molar-refractivity contribution in [2.75, 3.05) is 7.11 Å². The number of amides is 1. The number of carbonyl (C=O) groups excluding carboxylic acids is 1. The molecule has 124 valence electrons. The molecule has 0 saturated carbocycles. The summed E-state index contributed by atoms with van der Waals surface area (Å²) in [4.78, 5) is 11.9. The Morgan fingerprint density at radius 3 is 2.38 bits per heavy atom. The predicted molar refractivity (Wildman–Crippen MR) is 91.1 cm³/mol. The van der Waals surface area contributed by atoms with Crippen molar-refractivity contribution in [3.05, 3.63) is 64.6 Å². The summed E-state index contributed by atoms with van der Waals surface area (Å²) >= 11 is 0. The topological polar surface area (TPSA) is 72.5 Å². The minimum Gasteiger partial charge on any atom is -0.497 e. The summed E-state index contributed by atoms with van der Waals surface area (Å²) in [6.07, 6.45) is 0.264. The monoisotopic (exact) mass is 343 g/mol. The molecule has 1 aliphatic rings. The number of allylic oxidation sites excluding steroid dienone is 1. The van der Waals surface area contributed by atoms with Gasteiger partial charge in [-0.1, -0.05) is 24.3 Å². The lowest BCUT2D eigenvalue weighted by Crippen LogP contribution is -2.20. The summed E-state index contributed by atoms with van der Waals surface area (Å²) in [6.45, 7) is 1.37. The molecular weight excluding hydrogens is 326 g/mol. The van der Waals surface area contributed by atoms with Crippen LogP contribution in [0.5, 0.6) is 5.75 Å². The van der Waals surface area contributed by atoms with Crippen LogP contribution in [0.15, 0.2) is 58.3 Å². The lowest BCUT2D eigenvalue weighted by atomic mass is 10.1. The molecule has 5 nitrogen and oxygen atoms in total. The lowest BCUT2D eigenvalue weighted by molar-refractivity contribution is -0.117. The van der Waals surface area contributed by atoms with Gasteiger partial charge in [0.1, 0.15) is 5.75 Å². The van der Waals surface area contributed by atoms with E-state index in [2.05, 4.69) is 5.32 Å². The van der Waals surface area contributed by atoms with E-state index in [-0.39, 0.29) is 22.1 Å². The zero-order valence-corrected chi connectivity index (χ0v) is 14.2. The Morgan fingerprint density at radius 1 is 1.08 bits per heavy atom. The van der Waals surface area contributed by atoms with Gasteiger partial charge in [-0.05, 0) is 29.8 Å². The molecule has 1 amide bonds. The molecule has 0 heterocycles. The zero-order chi connectivity index (χ0) is 17.3. The third kappa shape index (κ3) is 2.80. The van der Waals surface area contributed by atoms with Crippen molar-refractivity contribution in [1.29, 1.82) is 0 Å². The van der Waals surface area contributed by atoms with Gasteiger partial charge in [-0.2, -0.15) is 0 Å². The van der Waals surface area contributed by atoms with Gasteiger partial charge in [0.15, 0.2) is 0 Å². The first-order valence-corrected chi connectivity index (χ1v) is 8.90. The molecule has 3 rings (SSSR count). The number of nitrogens with one attached hydrogen (secondary N) is 1. The second kappa shape index (κ2) is 6.13. The van der Waals surface area contributed by atoms with Crippen molar-refractivity contribution < 1.29 is 17.9 Å². The Hall–Kier alpha value is -2.60. The number of carbonyl (C=O) groups is 1. The minimum atomic E-state index is -3.72. The smallest absolute Gasteiger partial charge is 0.221 e. The standard InChI is InChI=1S/C18H17NO4S/c1-12(20)19-18-16-6-4-3-5-13(16)11-17(18)24(21,22)15-9-7-14(23-2)8-10-15/h3-10H,11H2,1-2H3,(H,19,20). The van der Waals surface area contributed by atoms with Gasteiger partial charge in [-0.15, -0.1) is 0 Å². The fraction of sp³-hybridized carbons (Fsp3) is 0.167. The summed E-state index contributed by atoms with van der Waals surface area (Å²) in [5, 5.41) is 2.68. The van der Waals surface area contributed by atoms with Crippen LogP contribution < -0.4 is 10.1 Å². The maximum Gasteiger partial charge on any atom is 0.221 e.